The first-order valence-corrected chi connectivity index (χ1v) is 9.65. The van der Waals surface area contributed by atoms with E-state index in [4.69, 9.17) is 0 Å². The maximum atomic E-state index is 13.4. The number of thioether (sulfide) groups is 1. The second-order valence-corrected chi connectivity index (χ2v) is 7.43. The molecule has 0 bridgehead atoms. The monoisotopic (exact) mass is 373 g/mol. The van der Waals surface area contributed by atoms with E-state index < -0.39 is 0 Å². The molecule has 1 aliphatic heterocycles. The average molecular weight is 373 g/mol. The number of H-pyrrole nitrogens is 1. The second-order valence-electron chi connectivity index (χ2n) is 6.49. The summed E-state index contributed by atoms with van der Waals surface area (Å²) < 4.78 is 15.3. The van der Waals surface area contributed by atoms with Crippen LogP contribution in [0.5, 0.6) is 0 Å². The third kappa shape index (κ3) is 3.33. The van der Waals surface area contributed by atoms with Gasteiger partial charge in [0.1, 0.15) is 11.6 Å². The number of carbonyl (C=O) groups is 1. The highest BCUT2D eigenvalue weighted by Crippen LogP contribution is 2.31. The summed E-state index contributed by atoms with van der Waals surface area (Å²) in [6, 6.07) is 4.42. The van der Waals surface area contributed by atoms with Gasteiger partial charge in [0.15, 0.2) is 5.16 Å². The van der Waals surface area contributed by atoms with Crippen LogP contribution in [0, 0.1) is 5.82 Å². The molecular weight excluding hydrogens is 353 g/mol. The van der Waals surface area contributed by atoms with Crippen LogP contribution in [0.25, 0.3) is 11.0 Å². The fourth-order valence-corrected chi connectivity index (χ4v) is 4.19. The predicted octanol–water partition coefficient (Wildman–Crippen LogP) is 3.28. The SMILES string of the molecule is Cn1ccnc1SCC(=O)N1CCCC[C@@H]1c1nc2ccc(F)cc2[nH]1. The molecule has 136 valence electrons. The molecule has 1 saturated heterocycles. The van der Waals surface area contributed by atoms with Crippen molar-refractivity contribution in [3.05, 3.63) is 42.2 Å². The Bertz CT molecular complexity index is 937. The van der Waals surface area contributed by atoms with Crippen molar-refractivity contribution >= 4 is 28.7 Å². The number of imidazole rings is 2. The van der Waals surface area contributed by atoms with Crippen molar-refractivity contribution in [1.82, 2.24) is 24.4 Å². The van der Waals surface area contributed by atoms with Crippen molar-refractivity contribution in [3.63, 3.8) is 0 Å². The highest BCUT2D eigenvalue weighted by Gasteiger charge is 2.30. The lowest BCUT2D eigenvalue weighted by Gasteiger charge is -2.34. The topological polar surface area (TPSA) is 66.8 Å². The second kappa shape index (κ2) is 7.11. The minimum atomic E-state index is -0.296. The van der Waals surface area contributed by atoms with Crippen molar-refractivity contribution < 1.29 is 9.18 Å². The van der Waals surface area contributed by atoms with E-state index in [1.54, 1.807) is 12.3 Å². The molecule has 0 unspecified atom stereocenters. The molecule has 0 radical (unpaired) electrons. The Balaban J connectivity index is 1.53. The van der Waals surface area contributed by atoms with Crippen molar-refractivity contribution in [2.24, 2.45) is 7.05 Å². The van der Waals surface area contributed by atoms with E-state index in [-0.39, 0.29) is 17.8 Å². The number of halogens is 1. The third-order valence-electron chi connectivity index (χ3n) is 4.70. The Morgan fingerprint density at radius 1 is 1.42 bits per heavy atom. The average Bonchev–Trinajstić information content (AvgIpc) is 3.25. The number of fused-ring (bicyclic) bond motifs is 1. The highest BCUT2D eigenvalue weighted by molar-refractivity contribution is 7.99. The fourth-order valence-electron chi connectivity index (χ4n) is 3.37. The lowest BCUT2D eigenvalue weighted by molar-refractivity contribution is -0.132. The summed E-state index contributed by atoms with van der Waals surface area (Å²) in [4.78, 5) is 26.8. The summed E-state index contributed by atoms with van der Waals surface area (Å²) in [7, 11) is 1.91. The first-order chi connectivity index (χ1) is 12.6. The van der Waals surface area contributed by atoms with Crippen LogP contribution in [0.3, 0.4) is 0 Å². The zero-order chi connectivity index (χ0) is 18.1. The van der Waals surface area contributed by atoms with E-state index in [1.165, 1.54) is 23.9 Å². The standard InChI is InChI=1S/C18H20FN5OS/c1-23-9-7-20-18(23)26-11-16(25)24-8-3-2-4-15(24)17-21-13-6-5-12(19)10-14(13)22-17/h5-7,9-10,15H,2-4,8,11H2,1H3,(H,21,22)/t15-/m1/s1. The van der Waals surface area contributed by atoms with Gasteiger partial charge in [0, 0.05) is 26.0 Å². The van der Waals surface area contributed by atoms with Gasteiger partial charge in [0.2, 0.25) is 5.91 Å². The van der Waals surface area contributed by atoms with Crippen molar-refractivity contribution in [2.45, 2.75) is 30.5 Å². The van der Waals surface area contributed by atoms with Crippen molar-refractivity contribution in [1.29, 1.82) is 0 Å². The van der Waals surface area contributed by atoms with E-state index in [0.717, 1.165) is 42.3 Å². The molecule has 0 saturated carbocycles. The number of nitrogens with zero attached hydrogens (tertiary/aromatic N) is 4. The molecule has 3 heterocycles. The summed E-state index contributed by atoms with van der Waals surface area (Å²) in [6.45, 7) is 0.718. The zero-order valence-corrected chi connectivity index (χ0v) is 15.3. The summed E-state index contributed by atoms with van der Waals surface area (Å²) in [5, 5.41) is 0.825. The Labute approximate surface area is 154 Å². The summed E-state index contributed by atoms with van der Waals surface area (Å²) in [5.74, 6) is 0.863. The van der Waals surface area contributed by atoms with Crippen LogP contribution in [0.4, 0.5) is 4.39 Å². The molecule has 1 aliphatic rings. The van der Waals surface area contributed by atoms with Gasteiger partial charge in [-0.3, -0.25) is 4.79 Å². The van der Waals surface area contributed by atoms with E-state index in [2.05, 4.69) is 15.0 Å². The van der Waals surface area contributed by atoms with Gasteiger partial charge in [0.05, 0.1) is 22.8 Å². The van der Waals surface area contributed by atoms with E-state index >= 15 is 0 Å². The van der Waals surface area contributed by atoms with Gasteiger partial charge in [-0.1, -0.05) is 11.8 Å². The number of carbonyl (C=O) groups excluding carboxylic acids is 1. The maximum Gasteiger partial charge on any atom is 0.233 e. The van der Waals surface area contributed by atoms with E-state index in [0.29, 0.717) is 11.3 Å². The van der Waals surface area contributed by atoms with Crippen LogP contribution in [0.15, 0.2) is 35.7 Å². The number of aryl methyl sites for hydroxylation is 1. The number of amides is 1. The summed E-state index contributed by atoms with van der Waals surface area (Å²) in [5.41, 5.74) is 1.39. The van der Waals surface area contributed by atoms with Gasteiger partial charge in [-0.05, 0) is 37.5 Å². The first-order valence-electron chi connectivity index (χ1n) is 8.66. The minimum Gasteiger partial charge on any atom is -0.340 e. The Kier molecular flexibility index (Phi) is 4.67. The summed E-state index contributed by atoms with van der Waals surface area (Å²) in [6.07, 6.45) is 6.49. The molecule has 0 spiro atoms. The molecule has 26 heavy (non-hydrogen) atoms. The van der Waals surface area contributed by atoms with Gasteiger partial charge in [0.25, 0.3) is 0 Å². The third-order valence-corrected chi connectivity index (χ3v) is 5.75. The van der Waals surface area contributed by atoms with Crippen LogP contribution in [-0.4, -0.2) is 42.6 Å². The highest BCUT2D eigenvalue weighted by atomic mass is 32.2. The number of likely N-dealkylation sites (tertiary alicyclic amines) is 1. The smallest absolute Gasteiger partial charge is 0.233 e. The number of rotatable bonds is 4. The molecule has 1 fully saturated rings. The Morgan fingerprint density at radius 3 is 3.12 bits per heavy atom. The molecule has 3 aromatic rings. The Morgan fingerprint density at radius 2 is 2.31 bits per heavy atom. The van der Waals surface area contributed by atoms with Crippen LogP contribution < -0.4 is 0 Å². The van der Waals surface area contributed by atoms with Crippen molar-refractivity contribution in [2.75, 3.05) is 12.3 Å². The van der Waals surface area contributed by atoms with Crippen LogP contribution in [-0.2, 0) is 11.8 Å². The maximum absolute atomic E-state index is 13.4. The molecule has 1 aromatic carbocycles. The molecule has 4 rings (SSSR count). The number of aromatic amines is 1. The lowest BCUT2D eigenvalue weighted by Crippen LogP contribution is -2.40. The quantitative estimate of drug-likeness (QED) is 0.713. The number of hydrogen-bond acceptors (Lipinski definition) is 4. The van der Waals surface area contributed by atoms with E-state index in [9.17, 15) is 9.18 Å². The number of aromatic nitrogens is 4. The largest absolute Gasteiger partial charge is 0.340 e. The predicted molar refractivity (Wildman–Crippen MR) is 98.3 cm³/mol. The van der Waals surface area contributed by atoms with Gasteiger partial charge in [-0.2, -0.15) is 0 Å². The molecule has 0 aliphatic carbocycles. The van der Waals surface area contributed by atoms with Gasteiger partial charge in [-0.15, -0.1) is 0 Å². The van der Waals surface area contributed by atoms with Gasteiger partial charge < -0.3 is 14.5 Å². The van der Waals surface area contributed by atoms with Gasteiger partial charge >= 0.3 is 0 Å². The molecule has 1 amide bonds. The molecule has 2 aromatic heterocycles. The normalized spacial score (nSPS) is 17.8. The number of hydrogen-bond donors (Lipinski definition) is 1. The molecular formula is C18H20FN5OS. The first kappa shape index (κ1) is 17.1. The summed E-state index contributed by atoms with van der Waals surface area (Å²) >= 11 is 1.44. The molecule has 1 N–H and O–H groups in total. The van der Waals surface area contributed by atoms with Gasteiger partial charge in [-0.25, -0.2) is 14.4 Å². The minimum absolute atomic E-state index is 0.0781. The van der Waals surface area contributed by atoms with Crippen molar-refractivity contribution in [3.8, 4) is 0 Å². The number of piperidine rings is 1. The lowest BCUT2D eigenvalue weighted by atomic mass is 10.0. The van der Waals surface area contributed by atoms with Crippen LogP contribution >= 0.6 is 11.8 Å². The fraction of sp³-hybridized carbons (Fsp3) is 0.389. The van der Waals surface area contributed by atoms with Crippen LogP contribution in [0.1, 0.15) is 31.1 Å². The van der Waals surface area contributed by atoms with Crippen LogP contribution in [0.2, 0.25) is 0 Å². The molecule has 8 heteroatoms. The molecule has 6 nitrogen and oxygen atoms in total. The number of nitrogens with one attached hydrogen (secondary N) is 1. The van der Waals surface area contributed by atoms with E-state index in [1.807, 2.05) is 22.7 Å². The molecule has 1 atom stereocenters. The zero-order valence-electron chi connectivity index (χ0n) is 14.5. The number of benzene rings is 1. The Hall–Kier alpha value is -2.35.